The van der Waals surface area contributed by atoms with Gasteiger partial charge >= 0.3 is 0 Å². The van der Waals surface area contributed by atoms with Crippen LogP contribution in [0.4, 0.5) is 5.69 Å². The molecule has 1 aromatic carbocycles. The van der Waals surface area contributed by atoms with Crippen molar-refractivity contribution in [2.45, 2.75) is 32.2 Å². The van der Waals surface area contributed by atoms with Crippen LogP contribution in [-0.4, -0.2) is 18.1 Å². The van der Waals surface area contributed by atoms with Crippen molar-refractivity contribution >= 4 is 24.0 Å². The van der Waals surface area contributed by atoms with Gasteiger partial charge in [-0.05, 0) is 25.5 Å². The smallest absolute Gasteiger partial charge is 0.244 e. The van der Waals surface area contributed by atoms with Gasteiger partial charge in [0.1, 0.15) is 12.4 Å². The first-order valence-electron chi connectivity index (χ1n) is 6.43. The summed E-state index contributed by atoms with van der Waals surface area (Å²) in [6.45, 7) is 7.76. The van der Waals surface area contributed by atoms with Gasteiger partial charge in [-0.15, -0.1) is 12.4 Å². The molecule has 0 heterocycles. The molecule has 1 amide bonds. The van der Waals surface area contributed by atoms with E-state index >= 15 is 0 Å². The van der Waals surface area contributed by atoms with Gasteiger partial charge in [-0.3, -0.25) is 4.79 Å². The zero-order chi connectivity index (χ0) is 14.3. The predicted molar refractivity (Wildman–Crippen MR) is 85.5 cm³/mol. The Kier molecular flexibility index (Phi) is 7.96. The number of rotatable bonds is 7. The fourth-order valence-electron chi connectivity index (χ4n) is 1.73. The minimum Gasteiger partial charge on any atom is -0.489 e. The number of hydrogen-bond donors (Lipinski definition) is 2. The Morgan fingerprint density at radius 3 is 2.85 bits per heavy atom. The van der Waals surface area contributed by atoms with E-state index < -0.39 is 5.54 Å². The summed E-state index contributed by atoms with van der Waals surface area (Å²) in [5, 5.41) is 2.81. The van der Waals surface area contributed by atoms with Crippen molar-refractivity contribution in [1.82, 2.24) is 0 Å². The molecule has 5 heteroatoms. The van der Waals surface area contributed by atoms with Crippen LogP contribution < -0.4 is 15.8 Å². The monoisotopic (exact) mass is 298 g/mol. The van der Waals surface area contributed by atoms with Gasteiger partial charge in [-0.1, -0.05) is 32.1 Å². The number of anilines is 1. The molecule has 112 valence electrons. The average Bonchev–Trinajstić information content (AvgIpc) is 2.36. The second-order valence-electron chi connectivity index (χ2n) is 4.75. The molecule has 0 saturated heterocycles. The van der Waals surface area contributed by atoms with Crippen LogP contribution in [0.1, 0.15) is 26.7 Å². The summed E-state index contributed by atoms with van der Waals surface area (Å²) in [6, 6.07) is 7.22. The van der Waals surface area contributed by atoms with E-state index in [1.807, 2.05) is 19.1 Å². The van der Waals surface area contributed by atoms with E-state index in [0.29, 0.717) is 24.5 Å². The summed E-state index contributed by atoms with van der Waals surface area (Å²) >= 11 is 0. The van der Waals surface area contributed by atoms with Crippen molar-refractivity contribution in [2.24, 2.45) is 5.73 Å². The maximum absolute atomic E-state index is 12.1. The third-order valence-electron chi connectivity index (χ3n) is 2.75. The van der Waals surface area contributed by atoms with Crippen LogP contribution in [0.25, 0.3) is 0 Å². The largest absolute Gasteiger partial charge is 0.489 e. The minimum absolute atomic E-state index is 0. The van der Waals surface area contributed by atoms with E-state index in [1.54, 1.807) is 25.1 Å². The van der Waals surface area contributed by atoms with Gasteiger partial charge in [0.25, 0.3) is 0 Å². The number of carbonyl (C=O) groups excluding carboxylic acids is 1. The molecule has 0 spiro atoms. The highest BCUT2D eigenvalue weighted by atomic mass is 35.5. The molecule has 0 bridgehead atoms. The molecular weight excluding hydrogens is 276 g/mol. The quantitative estimate of drug-likeness (QED) is 0.760. The number of halogens is 1. The Hall–Kier alpha value is -1.52. The lowest BCUT2D eigenvalue weighted by Crippen LogP contribution is -2.48. The zero-order valence-corrected chi connectivity index (χ0v) is 12.8. The molecule has 0 aromatic heterocycles. The SMILES string of the molecule is C=CCOc1cccc(NC(=O)C(C)(N)CCC)c1.Cl. The van der Waals surface area contributed by atoms with Gasteiger partial charge in [-0.2, -0.15) is 0 Å². The maximum Gasteiger partial charge on any atom is 0.244 e. The first kappa shape index (κ1) is 18.5. The summed E-state index contributed by atoms with van der Waals surface area (Å²) in [6.07, 6.45) is 3.18. The molecule has 0 aliphatic rings. The lowest BCUT2D eigenvalue weighted by Gasteiger charge is -2.22. The van der Waals surface area contributed by atoms with Crippen LogP contribution in [0.3, 0.4) is 0 Å². The van der Waals surface area contributed by atoms with Crippen LogP contribution in [0, 0.1) is 0 Å². The molecule has 0 aliphatic heterocycles. The summed E-state index contributed by atoms with van der Waals surface area (Å²) < 4.78 is 5.41. The van der Waals surface area contributed by atoms with Crippen molar-refractivity contribution in [1.29, 1.82) is 0 Å². The van der Waals surface area contributed by atoms with E-state index in [1.165, 1.54) is 0 Å². The molecule has 3 N–H and O–H groups in total. The fraction of sp³-hybridized carbons (Fsp3) is 0.400. The zero-order valence-electron chi connectivity index (χ0n) is 12.0. The highest BCUT2D eigenvalue weighted by molar-refractivity contribution is 5.97. The second kappa shape index (κ2) is 8.61. The Morgan fingerprint density at radius 2 is 2.25 bits per heavy atom. The van der Waals surface area contributed by atoms with E-state index in [2.05, 4.69) is 11.9 Å². The molecule has 0 fully saturated rings. The number of amides is 1. The lowest BCUT2D eigenvalue weighted by molar-refractivity contribution is -0.120. The van der Waals surface area contributed by atoms with Gasteiger partial charge in [0.05, 0.1) is 5.54 Å². The molecular formula is C15H23ClN2O2. The molecule has 1 atom stereocenters. The van der Waals surface area contributed by atoms with E-state index in [4.69, 9.17) is 10.5 Å². The van der Waals surface area contributed by atoms with Crippen molar-refractivity contribution in [3.63, 3.8) is 0 Å². The van der Waals surface area contributed by atoms with Crippen LogP contribution in [-0.2, 0) is 4.79 Å². The Balaban J connectivity index is 0.00000361. The average molecular weight is 299 g/mol. The van der Waals surface area contributed by atoms with Gasteiger partial charge in [-0.25, -0.2) is 0 Å². The van der Waals surface area contributed by atoms with Crippen molar-refractivity contribution in [2.75, 3.05) is 11.9 Å². The maximum atomic E-state index is 12.1. The van der Waals surface area contributed by atoms with Gasteiger partial charge in [0, 0.05) is 11.8 Å². The minimum atomic E-state index is -0.854. The third kappa shape index (κ3) is 5.63. The molecule has 4 nitrogen and oxygen atoms in total. The van der Waals surface area contributed by atoms with E-state index in [0.717, 1.165) is 6.42 Å². The van der Waals surface area contributed by atoms with Crippen LogP contribution in [0.15, 0.2) is 36.9 Å². The topological polar surface area (TPSA) is 64.3 Å². The van der Waals surface area contributed by atoms with E-state index in [-0.39, 0.29) is 18.3 Å². The standard InChI is InChI=1S/C15H22N2O2.ClH/c1-4-9-15(3,16)14(18)17-12-7-6-8-13(11-12)19-10-5-2;/h5-8,11H,2,4,9-10,16H2,1,3H3,(H,17,18);1H. The summed E-state index contributed by atoms with van der Waals surface area (Å²) in [5.41, 5.74) is 5.81. The number of hydrogen-bond acceptors (Lipinski definition) is 3. The Labute approximate surface area is 126 Å². The molecule has 20 heavy (non-hydrogen) atoms. The Bertz CT molecular complexity index is 447. The molecule has 1 unspecified atom stereocenters. The van der Waals surface area contributed by atoms with Gasteiger partial charge in [0.2, 0.25) is 5.91 Å². The van der Waals surface area contributed by atoms with Crippen molar-refractivity contribution in [3.05, 3.63) is 36.9 Å². The highest BCUT2D eigenvalue weighted by Crippen LogP contribution is 2.19. The molecule has 1 aromatic rings. The summed E-state index contributed by atoms with van der Waals surface area (Å²) in [7, 11) is 0. The van der Waals surface area contributed by atoms with E-state index in [9.17, 15) is 4.79 Å². The van der Waals surface area contributed by atoms with Crippen molar-refractivity contribution in [3.8, 4) is 5.75 Å². The molecule has 0 aliphatic carbocycles. The first-order valence-corrected chi connectivity index (χ1v) is 6.43. The van der Waals surface area contributed by atoms with Gasteiger partial charge in [0.15, 0.2) is 0 Å². The summed E-state index contributed by atoms with van der Waals surface area (Å²) in [4.78, 5) is 12.1. The third-order valence-corrected chi connectivity index (χ3v) is 2.75. The fourth-order valence-corrected chi connectivity index (χ4v) is 1.73. The molecule has 1 rings (SSSR count). The second-order valence-corrected chi connectivity index (χ2v) is 4.75. The first-order chi connectivity index (χ1) is 8.99. The predicted octanol–water partition coefficient (Wildman–Crippen LogP) is 3.13. The molecule has 0 saturated carbocycles. The van der Waals surface area contributed by atoms with Crippen molar-refractivity contribution < 1.29 is 9.53 Å². The number of benzene rings is 1. The normalized spacial score (nSPS) is 12.8. The lowest BCUT2D eigenvalue weighted by atomic mass is 9.96. The van der Waals surface area contributed by atoms with Gasteiger partial charge < -0.3 is 15.8 Å². The number of nitrogens with one attached hydrogen (secondary N) is 1. The Morgan fingerprint density at radius 1 is 1.55 bits per heavy atom. The number of ether oxygens (including phenoxy) is 1. The number of nitrogens with two attached hydrogens (primary N) is 1. The van der Waals surface area contributed by atoms with Crippen LogP contribution in [0.5, 0.6) is 5.75 Å². The summed E-state index contributed by atoms with van der Waals surface area (Å²) in [5.74, 6) is 0.502. The molecule has 0 radical (unpaired) electrons. The van der Waals surface area contributed by atoms with Crippen LogP contribution >= 0.6 is 12.4 Å². The van der Waals surface area contributed by atoms with Crippen LogP contribution in [0.2, 0.25) is 0 Å². The highest BCUT2D eigenvalue weighted by Gasteiger charge is 2.27. The number of carbonyl (C=O) groups is 1.